The second-order valence-corrected chi connectivity index (χ2v) is 6.21. The Bertz CT molecular complexity index is 922. The van der Waals surface area contributed by atoms with Crippen molar-refractivity contribution in [3.05, 3.63) is 91.3 Å². The fourth-order valence-corrected chi connectivity index (χ4v) is 2.60. The minimum atomic E-state index is -0.539. The van der Waals surface area contributed by atoms with Gasteiger partial charge in [0.05, 0.1) is 6.54 Å². The highest BCUT2D eigenvalue weighted by molar-refractivity contribution is 5.53. The van der Waals surface area contributed by atoms with Gasteiger partial charge in [-0.2, -0.15) is 0 Å². The van der Waals surface area contributed by atoms with E-state index in [0.29, 0.717) is 6.54 Å². The van der Waals surface area contributed by atoms with Gasteiger partial charge in [-0.05, 0) is 19.1 Å². The van der Waals surface area contributed by atoms with Crippen molar-refractivity contribution >= 4 is 0 Å². The maximum atomic E-state index is 9.83. The molecule has 0 aliphatic carbocycles. The molecule has 0 saturated heterocycles. The van der Waals surface area contributed by atoms with Crippen LogP contribution in [0.3, 0.4) is 0 Å². The molecular formula is C22H24N4O2. The van der Waals surface area contributed by atoms with Crippen molar-refractivity contribution in [3.63, 3.8) is 0 Å². The molecule has 4 rings (SSSR count). The van der Waals surface area contributed by atoms with Crippen molar-refractivity contribution in [2.24, 2.45) is 0 Å². The number of rotatable bonds is 6. The van der Waals surface area contributed by atoms with Crippen molar-refractivity contribution < 1.29 is 9.84 Å². The van der Waals surface area contributed by atoms with Gasteiger partial charge in [0.1, 0.15) is 30.1 Å². The first-order valence-electron chi connectivity index (χ1n) is 9.11. The number of ether oxygens (including phenoxy) is 1. The Balaban J connectivity index is 0.000000176. The molecule has 0 spiro atoms. The van der Waals surface area contributed by atoms with Crippen molar-refractivity contribution in [2.45, 2.75) is 19.6 Å². The lowest BCUT2D eigenvalue weighted by molar-refractivity contribution is 0.0919. The van der Waals surface area contributed by atoms with Gasteiger partial charge in [0, 0.05) is 30.4 Å². The fourth-order valence-electron chi connectivity index (χ4n) is 2.60. The van der Waals surface area contributed by atoms with E-state index in [4.69, 9.17) is 4.74 Å². The van der Waals surface area contributed by atoms with E-state index in [2.05, 4.69) is 15.0 Å². The van der Waals surface area contributed by atoms with Gasteiger partial charge in [0.15, 0.2) is 0 Å². The van der Waals surface area contributed by atoms with Crippen LogP contribution in [0.15, 0.2) is 85.5 Å². The van der Waals surface area contributed by atoms with Gasteiger partial charge in [-0.3, -0.25) is 0 Å². The van der Waals surface area contributed by atoms with Gasteiger partial charge in [-0.25, -0.2) is 9.97 Å². The second kappa shape index (κ2) is 10.1. The van der Waals surface area contributed by atoms with Crippen molar-refractivity contribution in [3.8, 4) is 17.1 Å². The fraction of sp³-hybridized carbons (Fsp3) is 0.182. The number of aliphatic hydroxyl groups excluding tert-OH is 1. The summed E-state index contributed by atoms with van der Waals surface area (Å²) in [5, 5.41) is 9.83. The SMILES string of the molecule is Cc1nccn1CC(O)COc1ccccc1.c1ccc(-c2ncc[nH]2)cc1. The topological polar surface area (TPSA) is 76.0 Å². The number of aliphatic hydroxyl groups is 1. The number of aryl methyl sites for hydroxylation is 1. The molecule has 1 atom stereocenters. The Morgan fingerprint density at radius 1 is 1.00 bits per heavy atom. The van der Waals surface area contributed by atoms with E-state index in [1.807, 2.05) is 84.5 Å². The van der Waals surface area contributed by atoms with E-state index >= 15 is 0 Å². The number of aromatic amines is 1. The van der Waals surface area contributed by atoms with E-state index in [1.54, 1.807) is 12.4 Å². The summed E-state index contributed by atoms with van der Waals surface area (Å²) in [4.78, 5) is 11.3. The molecule has 6 heteroatoms. The number of aromatic nitrogens is 4. The molecule has 2 heterocycles. The van der Waals surface area contributed by atoms with Crippen LogP contribution in [0.1, 0.15) is 5.82 Å². The number of H-pyrrole nitrogens is 1. The molecule has 6 nitrogen and oxygen atoms in total. The largest absolute Gasteiger partial charge is 0.491 e. The summed E-state index contributed by atoms with van der Waals surface area (Å²) in [6.45, 7) is 2.69. The van der Waals surface area contributed by atoms with Gasteiger partial charge in [0.25, 0.3) is 0 Å². The Morgan fingerprint density at radius 2 is 1.71 bits per heavy atom. The highest BCUT2D eigenvalue weighted by atomic mass is 16.5. The van der Waals surface area contributed by atoms with Gasteiger partial charge in [0.2, 0.25) is 0 Å². The molecule has 0 aliphatic heterocycles. The van der Waals surface area contributed by atoms with Crippen LogP contribution in [0.5, 0.6) is 5.75 Å². The first-order chi connectivity index (χ1) is 13.7. The molecule has 0 bridgehead atoms. The van der Waals surface area contributed by atoms with Crippen LogP contribution >= 0.6 is 0 Å². The zero-order chi connectivity index (χ0) is 19.6. The lowest BCUT2D eigenvalue weighted by Crippen LogP contribution is -2.23. The van der Waals surface area contributed by atoms with Crippen LogP contribution < -0.4 is 4.74 Å². The maximum absolute atomic E-state index is 9.83. The van der Waals surface area contributed by atoms with E-state index in [0.717, 1.165) is 23.0 Å². The van der Waals surface area contributed by atoms with E-state index in [-0.39, 0.29) is 6.61 Å². The van der Waals surface area contributed by atoms with E-state index in [1.165, 1.54) is 0 Å². The predicted molar refractivity (Wildman–Crippen MR) is 109 cm³/mol. The number of nitrogens with zero attached hydrogens (tertiary/aromatic N) is 3. The highest BCUT2D eigenvalue weighted by Crippen LogP contribution is 2.12. The summed E-state index contributed by atoms with van der Waals surface area (Å²) in [5.74, 6) is 2.59. The monoisotopic (exact) mass is 376 g/mol. The normalized spacial score (nSPS) is 11.4. The molecule has 2 N–H and O–H groups in total. The Morgan fingerprint density at radius 3 is 2.32 bits per heavy atom. The molecule has 0 saturated carbocycles. The van der Waals surface area contributed by atoms with Crippen molar-refractivity contribution in [2.75, 3.05) is 6.61 Å². The summed E-state index contributed by atoms with van der Waals surface area (Å²) >= 11 is 0. The third-order valence-electron chi connectivity index (χ3n) is 4.06. The molecule has 144 valence electrons. The Labute approximate surface area is 164 Å². The third-order valence-corrected chi connectivity index (χ3v) is 4.06. The van der Waals surface area contributed by atoms with E-state index in [9.17, 15) is 5.11 Å². The average molecular weight is 376 g/mol. The molecule has 0 radical (unpaired) electrons. The summed E-state index contributed by atoms with van der Waals surface area (Å²) < 4.78 is 7.37. The quantitative estimate of drug-likeness (QED) is 0.538. The average Bonchev–Trinajstić information content (AvgIpc) is 3.41. The molecule has 0 fully saturated rings. The summed E-state index contributed by atoms with van der Waals surface area (Å²) in [6.07, 6.45) is 6.61. The smallest absolute Gasteiger partial charge is 0.137 e. The molecule has 1 unspecified atom stereocenters. The number of benzene rings is 2. The van der Waals surface area contributed by atoms with Crippen molar-refractivity contribution in [1.82, 2.24) is 19.5 Å². The number of nitrogens with one attached hydrogen (secondary N) is 1. The number of hydrogen-bond acceptors (Lipinski definition) is 4. The van der Waals surface area contributed by atoms with Crippen LogP contribution in [0.25, 0.3) is 11.4 Å². The molecule has 2 aromatic carbocycles. The Kier molecular flexibility index (Phi) is 6.98. The van der Waals surface area contributed by atoms with Crippen LogP contribution in [-0.4, -0.2) is 37.3 Å². The van der Waals surface area contributed by atoms with Gasteiger partial charge >= 0.3 is 0 Å². The second-order valence-electron chi connectivity index (χ2n) is 6.21. The predicted octanol–water partition coefficient (Wildman–Crippen LogP) is 3.71. The first kappa shape index (κ1) is 19.4. The summed E-state index contributed by atoms with van der Waals surface area (Å²) in [7, 11) is 0. The molecule has 0 amide bonds. The highest BCUT2D eigenvalue weighted by Gasteiger charge is 2.07. The molecule has 4 aromatic rings. The molecule has 2 aromatic heterocycles. The zero-order valence-corrected chi connectivity index (χ0v) is 15.8. The van der Waals surface area contributed by atoms with E-state index < -0.39 is 6.10 Å². The van der Waals surface area contributed by atoms with Crippen molar-refractivity contribution in [1.29, 1.82) is 0 Å². The van der Waals surface area contributed by atoms with Gasteiger partial charge in [-0.1, -0.05) is 48.5 Å². The maximum Gasteiger partial charge on any atom is 0.137 e. The number of para-hydroxylation sites is 1. The minimum Gasteiger partial charge on any atom is -0.491 e. The van der Waals surface area contributed by atoms with Crippen LogP contribution in [-0.2, 0) is 6.54 Å². The molecule has 28 heavy (non-hydrogen) atoms. The summed E-state index contributed by atoms with van der Waals surface area (Å²) in [5.41, 5.74) is 1.12. The summed E-state index contributed by atoms with van der Waals surface area (Å²) in [6, 6.07) is 19.5. The first-order valence-corrected chi connectivity index (χ1v) is 9.11. The lowest BCUT2D eigenvalue weighted by atomic mass is 10.2. The molecular weight excluding hydrogens is 352 g/mol. The van der Waals surface area contributed by atoms with Crippen LogP contribution in [0.2, 0.25) is 0 Å². The lowest BCUT2D eigenvalue weighted by Gasteiger charge is -2.13. The van der Waals surface area contributed by atoms with Crippen LogP contribution in [0.4, 0.5) is 0 Å². The van der Waals surface area contributed by atoms with Gasteiger partial charge in [-0.15, -0.1) is 0 Å². The zero-order valence-electron chi connectivity index (χ0n) is 15.8. The third kappa shape index (κ3) is 5.82. The molecule has 0 aliphatic rings. The standard InChI is InChI=1S/C13H16N2O2.C9H8N2/c1-11-14-7-8-15(11)9-12(16)10-17-13-5-3-2-4-6-13;1-2-4-8(5-3-1)9-10-6-7-11-9/h2-8,12,16H,9-10H2,1H3;1-7H,(H,10,11). The van der Waals surface area contributed by atoms with Crippen LogP contribution in [0, 0.1) is 6.92 Å². The Hall–Kier alpha value is -3.38. The van der Waals surface area contributed by atoms with Gasteiger partial charge < -0.3 is 19.4 Å². The number of imidazole rings is 2. The minimum absolute atomic E-state index is 0.279. The number of hydrogen-bond donors (Lipinski definition) is 2.